The fourth-order valence-corrected chi connectivity index (χ4v) is 1.47. The molecule has 0 aromatic heterocycles. The van der Waals surface area contributed by atoms with Crippen molar-refractivity contribution in [2.24, 2.45) is 0 Å². The third-order valence-electron chi connectivity index (χ3n) is 2.36. The Hall–Kier alpha value is -1.02. The lowest BCUT2D eigenvalue weighted by Crippen LogP contribution is -2.09. The van der Waals surface area contributed by atoms with Crippen LogP contribution in [-0.4, -0.2) is 18.3 Å². The van der Waals surface area contributed by atoms with Gasteiger partial charge in [-0.1, -0.05) is 24.6 Å². The maximum atomic E-state index is 9.57. The smallest absolute Gasteiger partial charge is 0.122 e. The van der Waals surface area contributed by atoms with Crippen LogP contribution in [0.15, 0.2) is 18.2 Å². The van der Waals surface area contributed by atoms with E-state index in [-0.39, 0.29) is 6.10 Å². The fourth-order valence-electron chi connectivity index (χ4n) is 1.47. The molecular weight excluding hydrogens is 176 g/mol. The second-order valence-corrected chi connectivity index (χ2v) is 3.58. The number of rotatable bonds is 4. The molecule has 0 aliphatic rings. The molecule has 2 heteroatoms. The van der Waals surface area contributed by atoms with Crippen molar-refractivity contribution in [3.8, 4) is 5.75 Å². The number of methoxy groups -OCH3 is 1. The normalized spacial score (nSPS) is 12.6. The summed E-state index contributed by atoms with van der Waals surface area (Å²) in [6, 6.07) is 6.03. The number of aliphatic hydroxyl groups is 1. The molecule has 0 amide bonds. The summed E-state index contributed by atoms with van der Waals surface area (Å²) in [6.45, 7) is 4.02. The van der Waals surface area contributed by atoms with E-state index in [1.54, 1.807) is 7.11 Å². The molecule has 0 radical (unpaired) electrons. The summed E-state index contributed by atoms with van der Waals surface area (Å²) in [7, 11) is 1.66. The first-order valence-electron chi connectivity index (χ1n) is 4.99. The van der Waals surface area contributed by atoms with Crippen LogP contribution in [0.25, 0.3) is 0 Å². The van der Waals surface area contributed by atoms with Gasteiger partial charge in [-0.25, -0.2) is 0 Å². The maximum absolute atomic E-state index is 9.57. The molecule has 0 fully saturated rings. The molecule has 0 unspecified atom stereocenters. The number of ether oxygens (including phenoxy) is 1. The number of hydrogen-bond donors (Lipinski definition) is 1. The van der Waals surface area contributed by atoms with Gasteiger partial charge in [-0.15, -0.1) is 0 Å². The van der Waals surface area contributed by atoms with Gasteiger partial charge in [-0.2, -0.15) is 0 Å². The van der Waals surface area contributed by atoms with Gasteiger partial charge in [0.05, 0.1) is 13.2 Å². The van der Waals surface area contributed by atoms with Crippen molar-refractivity contribution in [2.45, 2.75) is 32.8 Å². The SMILES string of the molecule is CC[C@H](O)Cc1cc(C)ccc1OC. The van der Waals surface area contributed by atoms with Gasteiger partial charge >= 0.3 is 0 Å². The van der Waals surface area contributed by atoms with Gasteiger partial charge in [0, 0.05) is 6.42 Å². The molecule has 1 atom stereocenters. The highest BCUT2D eigenvalue weighted by Crippen LogP contribution is 2.21. The lowest BCUT2D eigenvalue weighted by molar-refractivity contribution is 0.169. The van der Waals surface area contributed by atoms with E-state index in [0.29, 0.717) is 6.42 Å². The van der Waals surface area contributed by atoms with Crippen LogP contribution in [0.1, 0.15) is 24.5 Å². The van der Waals surface area contributed by atoms with Crippen molar-refractivity contribution in [1.82, 2.24) is 0 Å². The van der Waals surface area contributed by atoms with Crippen molar-refractivity contribution in [2.75, 3.05) is 7.11 Å². The molecule has 0 saturated carbocycles. The van der Waals surface area contributed by atoms with Gasteiger partial charge in [0.25, 0.3) is 0 Å². The van der Waals surface area contributed by atoms with E-state index >= 15 is 0 Å². The zero-order valence-corrected chi connectivity index (χ0v) is 9.08. The lowest BCUT2D eigenvalue weighted by atomic mass is 10.0. The Balaban J connectivity index is 2.87. The van der Waals surface area contributed by atoms with Crippen LogP contribution < -0.4 is 4.74 Å². The topological polar surface area (TPSA) is 29.5 Å². The van der Waals surface area contributed by atoms with Gasteiger partial charge < -0.3 is 9.84 Å². The Bertz CT molecular complexity index is 294. The maximum Gasteiger partial charge on any atom is 0.122 e. The van der Waals surface area contributed by atoms with E-state index in [2.05, 4.69) is 6.07 Å². The molecule has 0 aliphatic carbocycles. The van der Waals surface area contributed by atoms with Crippen LogP contribution in [0.4, 0.5) is 0 Å². The zero-order chi connectivity index (χ0) is 10.6. The van der Waals surface area contributed by atoms with Crippen LogP contribution in [0.3, 0.4) is 0 Å². The van der Waals surface area contributed by atoms with E-state index in [4.69, 9.17) is 4.74 Å². The number of aryl methyl sites for hydroxylation is 1. The van der Waals surface area contributed by atoms with Crippen LogP contribution >= 0.6 is 0 Å². The Morgan fingerprint density at radius 2 is 2.14 bits per heavy atom. The van der Waals surface area contributed by atoms with Gasteiger partial charge in [0.1, 0.15) is 5.75 Å². The summed E-state index contributed by atoms with van der Waals surface area (Å²) < 4.78 is 5.23. The van der Waals surface area contributed by atoms with E-state index in [9.17, 15) is 5.11 Å². The molecule has 0 bridgehead atoms. The van der Waals surface area contributed by atoms with Crippen molar-refractivity contribution < 1.29 is 9.84 Å². The average Bonchev–Trinajstić information content (AvgIpc) is 2.18. The molecule has 0 aliphatic heterocycles. The van der Waals surface area contributed by atoms with E-state index in [0.717, 1.165) is 17.7 Å². The minimum absolute atomic E-state index is 0.273. The summed E-state index contributed by atoms with van der Waals surface area (Å²) in [5.74, 6) is 0.864. The quantitative estimate of drug-likeness (QED) is 0.797. The molecule has 78 valence electrons. The van der Waals surface area contributed by atoms with E-state index in [1.807, 2.05) is 26.0 Å². The highest BCUT2D eigenvalue weighted by atomic mass is 16.5. The fraction of sp³-hybridized carbons (Fsp3) is 0.500. The molecule has 14 heavy (non-hydrogen) atoms. The predicted molar refractivity (Wildman–Crippen MR) is 57.7 cm³/mol. The van der Waals surface area contributed by atoms with Crippen LogP contribution in [0.2, 0.25) is 0 Å². The summed E-state index contributed by atoms with van der Waals surface area (Å²) in [6.07, 6.45) is 1.17. The number of aliphatic hydroxyl groups excluding tert-OH is 1. The highest BCUT2D eigenvalue weighted by molar-refractivity contribution is 5.37. The summed E-state index contributed by atoms with van der Waals surface area (Å²) in [5, 5.41) is 9.57. The molecule has 0 saturated heterocycles. The van der Waals surface area contributed by atoms with Crippen LogP contribution in [0, 0.1) is 6.92 Å². The Morgan fingerprint density at radius 1 is 1.43 bits per heavy atom. The first kappa shape index (κ1) is 11.1. The van der Waals surface area contributed by atoms with Gasteiger partial charge in [0.2, 0.25) is 0 Å². The van der Waals surface area contributed by atoms with Crippen molar-refractivity contribution in [1.29, 1.82) is 0 Å². The molecule has 1 aromatic rings. The standard InChI is InChI=1S/C12H18O2/c1-4-11(13)8-10-7-9(2)5-6-12(10)14-3/h5-7,11,13H,4,8H2,1-3H3/t11-/m0/s1. The largest absolute Gasteiger partial charge is 0.496 e. The van der Waals surface area contributed by atoms with E-state index in [1.165, 1.54) is 5.56 Å². The van der Waals surface area contributed by atoms with Gasteiger partial charge in [-0.05, 0) is 25.0 Å². The minimum atomic E-state index is -0.273. The summed E-state index contributed by atoms with van der Waals surface area (Å²) in [4.78, 5) is 0. The van der Waals surface area contributed by atoms with Crippen molar-refractivity contribution >= 4 is 0 Å². The zero-order valence-electron chi connectivity index (χ0n) is 9.08. The predicted octanol–water partition coefficient (Wildman–Crippen LogP) is 2.32. The van der Waals surface area contributed by atoms with Crippen LogP contribution in [-0.2, 0) is 6.42 Å². The van der Waals surface area contributed by atoms with Gasteiger partial charge in [0.15, 0.2) is 0 Å². The molecular formula is C12H18O2. The minimum Gasteiger partial charge on any atom is -0.496 e. The third-order valence-corrected chi connectivity index (χ3v) is 2.36. The summed E-state index contributed by atoms with van der Waals surface area (Å²) >= 11 is 0. The van der Waals surface area contributed by atoms with Crippen molar-refractivity contribution in [3.63, 3.8) is 0 Å². The second-order valence-electron chi connectivity index (χ2n) is 3.58. The molecule has 1 rings (SSSR count). The van der Waals surface area contributed by atoms with Gasteiger partial charge in [-0.3, -0.25) is 0 Å². The average molecular weight is 194 g/mol. The Kier molecular flexibility index (Phi) is 3.96. The molecule has 0 heterocycles. The first-order valence-corrected chi connectivity index (χ1v) is 4.99. The summed E-state index contributed by atoms with van der Waals surface area (Å²) in [5.41, 5.74) is 2.28. The third kappa shape index (κ3) is 2.74. The van der Waals surface area contributed by atoms with E-state index < -0.39 is 0 Å². The Morgan fingerprint density at radius 3 is 2.71 bits per heavy atom. The monoisotopic (exact) mass is 194 g/mol. The highest BCUT2D eigenvalue weighted by Gasteiger charge is 2.08. The second kappa shape index (κ2) is 5.01. The lowest BCUT2D eigenvalue weighted by Gasteiger charge is -2.12. The number of benzene rings is 1. The number of hydrogen-bond acceptors (Lipinski definition) is 2. The molecule has 2 nitrogen and oxygen atoms in total. The first-order chi connectivity index (χ1) is 6.67. The molecule has 1 N–H and O–H groups in total. The Labute approximate surface area is 85.5 Å². The molecule has 1 aromatic carbocycles. The molecule has 0 spiro atoms. The van der Waals surface area contributed by atoms with Crippen molar-refractivity contribution in [3.05, 3.63) is 29.3 Å². The van der Waals surface area contributed by atoms with Crippen LogP contribution in [0.5, 0.6) is 5.75 Å².